The van der Waals surface area contributed by atoms with E-state index < -0.39 is 23.8 Å². The van der Waals surface area contributed by atoms with Crippen LogP contribution in [0.5, 0.6) is 0 Å². The quantitative estimate of drug-likeness (QED) is 0.350. The normalized spacial score (nSPS) is 14.9. The third-order valence-electron chi connectivity index (χ3n) is 6.15. The van der Waals surface area contributed by atoms with Gasteiger partial charge in [0.1, 0.15) is 5.57 Å². The van der Waals surface area contributed by atoms with Crippen LogP contribution in [0.2, 0.25) is 0 Å². The zero-order valence-electron chi connectivity index (χ0n) is 20.1. The molecule has 1 fully saturated rings. The molecule has 178 valence electrons. The molecule has 4 amide bonds. The number of carbonyl (C=O) groups excluding carboxylic acids is 4. The average Bonchev–Trinajstić information content (AvgIpc) is 3.10. The molecule has 1 aromatic heterocycles. The summed E-state index contributed by atoms with van der Waals surface area (Å²) in [6.07, 6.45) is 1.49. The van der Waals surface area contributed by atoms with Gasteiger partial charge < -0.3 is 9.30 Å². The molecule has 35 heavy (non-hydrogen) atoms. The predicted molar refractivity (Wildman–Crippen MR) is 132 cm³/mol. The number of rotatable bonds is 4. The summed E-state index contributed by atoms with van der Waals surface area (Å²) in [5, 5.41) is 2.26. The summed E-state index contributed by atoms with van der Waals surface area (Å²) in [6, 6.07) is 13.3. The van der Waals surface area contributed by atoms with Crippen molar-refractivity contribution < 1.29 is 23.9 Å². The fourth-order valence-corrected chi connectivity index (χ4v) is 4.13. The Hall–Kier alpha value is -4.46. The third kappa shape index (κ3) is 4.26. The summed E-state index contributed by atoms with van der Waals surface area (Å²) in [5.41, 5.74) is 5.55. The number of ether oxygens (including phenoxy) is 1. The number of esters is 1. The van der Waals surface area contributed by atoms with Gasteiger partial charge in [0, 0.05) is 17.1 Å². The average molecular weight is 472 g/mol. The van der Waals surface area contributed by atoms with Crippen LogP contribution in [-0.2, 0) is 14.3 Å². The Balaban J connectivity index is 1.76. The first-order valence-electron chi connectivity index (χ1n) is 11.0. The Bertz CT molecular complexity index is 1430. The van der Waals surface area contributed by atoms with Crippen molar-refractivity contribution in [3.63, 3.8) is 0 Å². The largest absolute Gasteiger partial charge is 0.465 e. The highest BCUT2D eigenvalue weighted by Crippen LogP contribution is 2.27. The van der Waals surface area contributed by atoms with Crippen molar-refractivity contribution in [3.05, 3.63) is 87.7 Å². The van der Waals surface area contributed by atoms with Gasteiger partial charge in [-0.3, -0.25) is 14.9 Å². The molecule has 1 saturated heterocycles. The minimum Gasteiger partial charge on any atom is -0.465 e. The molecule has 3 aromatic rings. The molecular weight excluding hydrogens is 446 g/mol. The molecule has 8 heteroatoms. The van der Waals surface area contributed by atoms with E-state index in [1.165, 1.54) is 13.2 Å². The maximum Gasteiger partial charge on any atom is 0.337 e. The van der Waals surface area contributed by atoms with Crippen LogP contribution in [0.3, 0.4) is 0 Å². The van der Waals surface area contributed by atoms with Crippen molar-refractivity contribution in [2.75, 3.05) is 12.0 Å². The van der Waals surface area contributed by atoms with Crippen molar-refractivity contribution in [1.29, 1.82) is 0 Å². The number of benzene rings is 2. The van der Waals surface area contributed by atoms with Crippen LogP contribution in [0.1, 0.15) is 38.4 Å². The van der Waals surface area contributed by atoms with Crippen LogP contribution in [0.15, 0.2) is 54.1 Å². The zero-order chi connectivity index (χ0) is 25.4. The number of aromatic nitrogens is 1. The predicted octanol–water partition coefficient (Wildman–Crippen LogP) is 4.16. The number of imide groups is 2. The Morgan fingerprint density at radius 2 is 1.66 bits per heavy atom. The molecule has 0 bridgehead atoms. The van der Waals surface area contributed by atoms with Gasteiger partial charge in [0.2, 0.25) is 0 Å². The highest BCUT2D eigenvalue weighted by atomic mass is 16.5. The molecule has 0 atom stereocenters. The van der Waals surface area contributed by atoms with Gasteiger partial charge in [-0.05, 0) is 86.9 Å². The summed E-state index contributed by atoms with van der Waals surface area (Å²) in [7, 11) is 1.32. The number of nitrogens with one attached hydrogen (secondary N) is 1. The number of hydrogen-bond donors (Lipinski definition) is 1. The summed E-state index contributed by atoms with van der Waals surface area (Å²) in [6.45, 7) is 7.55. The first-order chi connectivity index (χ1) is 16.6. The van der Waals surface area contributed by atoms with Gasteiger partial charge in [-0.15, -0.1) is 0 Å². The van der Waals surface area contributed by atoms with Gasteiger partial charge in [0.25, 0.3) is 11.8 Å². The molecule has 2 aromatic carbocycles. The van der Waals surface area contributed by atoms with E-state index in [4.69, 9.17) is 4.74 Å². The molecule has 4 rings (SSSR count). The molecular formula is C27H25N3O5. The summed E-state index contributed by atoms with van der Waals surface area (Å²) >= 11 is 0. The van der Waals surface area contributed by atoms with E-state index in [2.05, 4.69) is 5.32 Å². The van der Waals surface area contributed by atoms with E-state index in [1.54, 1.807) is 30.3 Å². The molecule has 0 spiro atoms. The lowest BCUT2D eigenvalue weighted by Gasteiger charge is -2.26. The second kappa shape index (κ2) is 9.06. The SMILES string of the molecule is COC(=O)c1cccc(-n2c(C)cc(/C=C3\C(=O)NC(=O)N(c4ccc(C)c(C)c4)C3=O)c2C)c1. The molecule has 1 aliphatic heterocycles. The number of nitrogens with zero attached hydrogens (tertiary/aromatic N) is 2. The summed E-state index contributed by atoms with van der Waals surface area (Å²) in [4.78, 5) is 51.4. The second-order valence-corrected chi connectivity index (χ2v) is 8.43. The highest BCUT2D eigenvalue weighted by Gasteiger charge is 2.37. The van der Waals surface area contributed by atoms with Crippen molar-refractivity contribution in [3.8, 4) is 5.69 Å². The minimum atomic E-state index is -0.787. The number of aryl methyl sites for hydroxylation is 3. The Labute approximate surface area is 202 Å². The van der Waals surface area contributed by atoms with Crippen LogP contribution in [0.4, 0.5) is 10.5 Å². The maximum atomic E-state index is 13.3. The Morgan fingerprint density at radius 1 is 0.914 bits per heavy atom. The maximum absolute atomic E-state index is 13.3. The molecule has 0 unspecified atom stereocenters. The van der Waals surface area contributed by atoms with Crippen molar-refractivity contribution in [2.45, 2.75) is 27.7 Å². The lowest BCUT2D eigenvalue weighted by atomic mass is 10.1. The second-order valence-electron chi connectivity index (χ2n) is 8.43. The zero-order valence-corrected chi connectivity index (χ0v) is 20.1. The molecule has 1 N–H and O–H groups in total. The Kier molecular flexibility index (Phi) is 6.13. The van der Waals surface area contributed by atoms with E-state index >= 15 is 0 Å². The van der Waals surface area contributed by atoms with Gasteiger partial charge in [0.15, 0.2) is 0 Å². The van der Waals surface area contributed by atoms with Crippen LogP contribution in [0, 0.1) is 27.7 Å². The van der Waals surface area contributed by atoms with Crippen LogP contribution >= 0.6 is 0 Å². The fourth-order valence-electron chi connectivity index (χ4n) is 4.13. The number of amides is 4. The van der Waals surface area contributed by atoms with E-state index in [1.807, 2.05) is 50.5 Å². The number of methoxy groups -OCH3 is 1. The number of urea groups is 1. The minimum absolute atomic E-state index is 0.147. The standard InChI is InChI=1S/C27H25N3O5/c1-15-9-10-22(11-16(15)2)30-25(32)23(24(31)28-27(30)34)14-20-12-17(3)29(18(20)4)21-8-6-7-19(13-21)26(33)35-5/h6-14H,1-5H3,(H,28,31,34)/b23-14+. The van der Waals surface area contributed by atoms with Crippen molar-refractivity contribution in [2.24, 2.45) is 0 Å². The third-order valence-corrected chi connectivity index (χ3v) is 6.15. The smallest absolute Gasteiger partial charge is 0.337 e. The van der Waals surface area contributed by atoms with Crippen molar-refractivity contribution >= 4 is 35.6 Å². The number of hydrogen-bond acceptors (Lipinski definition) is 5. The molecule has 2 heterocycles. The van der Waals surface area contributed by atoms with Gasteiger partial charge in [-0.2, -0.15) is 0 Å². The lowest BCUT2D eigenvalue weighted by molar-refractivity contribution is -0.122. The molecule has 0 radical (unpaired) electrons. The topological polar surface area (TPSA) is 97.7 Å². The van der Waals surface area contributed by atoms with E-state index in [0.717, 1.165) is 33.1 Å². The van der Waals surface area contributed by atoms with Crippen LogP contribution in [-0.4, -0.2) is 35.5 Å². The molecule has 0 aliphatic carbocycles. The molecule has 0 saturated carbocycles. The number of carbonyl (C=O) groups is 4. The first kappa shape index (κ1) is 23.7. The van der Waals surface area contributed by atoms with Gasteiger partial charge in [-0.25, -0.2) is 14.5 Å². The first-order valence-corrected chi connectivity index (χ1v) is 11.0. The highest BCUT2D eigenvalue weighted by molar-refractivity contribution is 6.39. The van der Waals surface area contributed by atoms with Crippen molar-refractivity contribution in [1.82, 2.24) is 9.88 Å². The summed E-state index contributed by atoms with van der Waals surface area (Å²) in [5.74, 6) is -1.89. The van der Waals surface area contributed by atoms with E-state index in [9.17, 15) is 19.2 Å². The van der Waals surface area contributed by atoms with Crippen LogP contribution in [0.25, 0.3) is 11.8 Å². The molecule has 1 aliphatic rings. The van der Waals surface area contributed by atoms with E-state index in [-0.39, 0.29) is 5.57 Å². The fraction of sp³-hybridized carbons (Fsp3) is 0.185. The number of barbiturate groups is 1. The Morgan fingerprint density at radius 3 is 2.34 bits per heavy atom. The van der Waals surface area contributed by atoms with Gasteiger partial charge >= 0.3 is 12.0 Å². The lowest BCUT2D eigenvalue weighted by Crippen LogP contribution is -2.54. The molecule has 8 nitrogen and oxygen atoms in total. The van der Waals surface area contributed by atoms with Gasteiger partial charge in [0.05, 0.1) is 18.4 Å². The van der Waals surface area contributed by atoms with Gasteiger partial charge in [-0.1, -0.05) is 12.1 Å². The monoisotopic (exact) mass is 471 g/mol. The van der Waals surface area contributed by atoms with E-state index in [0.29, 0.717) is 16.8 Å². The number of anilines is 1. The van der Waals surface area contributed by atoms with Crippen LogP contribution < -0.4 is 10.2 Å². The summed E-state index contributed by atoms with van der Waals surface area (Å²) < 4.78 is 6.73.